The number of rotatable bonds is 11. The second-order valence-electron chi connectivity index (χ2n) is 10.4. The van der Waals surface area contributed by atoms with E-state index in [-0.39, 0.29) is 5.91 Å². The summed E-state index contributed by atoms with van der Waals surface area (Å²) in [6, 6.07) is 11.0. The number of amides is 1. The van der Waals surface area contributed by atoms with Crippen LogP contribution in [0.15, 0.2) is 42.7 Å². The Morgan fingerprint density at radius 1 is 1.09 bits per heavy atom. The standard InChI is InChI=1S/C30H39N3O/c1-21(2)15-26-13-12-25-11-10-24(18-27(25)26)19-31-29(34)9-7-5-6-8-14-33-20-32-30-23(4)16-22(3)17-28(30)33/h10-13,16-18,20-21,26H,5-9,14-15,19H2,1-4H3,(H,31,34). The molecule has 0 fully saturated rings. The van der Waals surface area contributed by atoms with Crippen LogP contribution in [0, 0.1) is 19.8 Å². The Morgan fingerprint density at radius 2 is 1.91 bits per heavy atom. The van der Waals surface area contributed by atoms with Crippen molar-refractivity contribution in [1.82, 2.24) is 14.9 Å². The minimum Gasteiger partial charge on any atom is -0.352 e. The van der Waals surface area contributed by atoms with Crippen molar-refractivity contribution in [2.45, 2.75) is 85.2 Å². The summed E-state index contributed by atoms with van der Waals surface area (Å²) < 4.78 is 2.26. The summed E-state index contributed by atoms with van der Waals surface area (Å²) in [6.07, 6.45) is 12.6. The minimum atomic E-state index is 0.156. The first kappa shape index (κ1) is 24.3. The van der Waals surface area contributed by atoms with E-state index in [1.165, 1.54) is 39.8 Å². The Morgan fingerprint density at radius 3 is 2.74 bits per heavy atom. The number of fused-ring (bicyclic) bond motifs is 2. The van der Waals surface area contributed by atoms with Gasteiger partial charge in [-0.25, -0.2) is 4.98 Å². The molecule has 1 aliphatic carbocycles. The van der Waals surface area contributed by atoms with Crippen LogP contribution in [-0.4, -0.2) is 15.5 Å². The molecule has 0 radical (unpaired) electrons. The van der Waals surface area contributed by atoms with E-state index in [1.807, 2.05) is 6.33 Å². The molecule has 4 nitrogen and oxygen atoms in total. The summed E-state index contributed by atoms with van der Waals surface area (Å²) in [5.74, 6) is 1.35. The van der Waals surface area contributed by atoms with Crippen molar-refractivity contribution in [1.29, 1.82) is 0 Å². The molecule has 3 aromatic rings. The first-order valence-electron chi connectivity index (χ1n) is 12.9. The predicted molar refractivity (Wildman–Crippen MR) is 142 cm³/mol. The van der Waals surface area contributed by atoms with Crippen LogP contribution in [0.25, 0.3) is 17.1 Å². The van der Waals surface area contributed by atoms with Crippen molar-refractivity contribution in [2.24, 2.45) is 5.92 Å². The van der Waals surface area contributed by atoms with Gasteiger partial charge in [0.05, 0.1) is 17.4 Å². The minimum absolute atomic E-state index is 0.156. The van der Waals surface area contributed by atoms with Gasteiger partial charge in [0.1, 0.15) is 0 Å². The molecule has 0 aliphatic heterocycles. The zero-order valence-corrected chi connectivity index (χ0v) is 21.2. The van der Waals surface area contributed by atoms with Gasteiger partial charge < -0.3 is 9.88 Å². The van der Waals surface area contributed by atoms with Gasteiger partial charge in [-0.1, -0.05) is 63.1 Å². The second kappa shape index (κ2) is 11.0. The first-order chi connectivity index (χ1) is 16.4. The molecular weight excluding hydrogens is 418 g/mol. The molecule has 4 heteroatoms. The number of nitrogens with one attached hydrogen (secondary N) is 1. The lowest BCUT2D eigenvalue weighted by Crippen LogP contribution is -2.22. The summed E-state index contributed by atoms with van der Waals surface area (Å²) in [4.78, 5) is 16.9. The molecule has 0 spiro atoms. The number of nitrogens with zero attached hydrogens (tertiary/aromatic N) is 2. The molecule has 1 heterocycles. The SMILES string of the molecule is Cc1cc(C)c2ncn(CCCCCCC(=O)NCc3ccc4c(c3)C(CC(C)C)C=C4)c2c1. The lowest BCUT2D eigenvalue weighted by atomic mass is 9.91. The number of hydrogen-bond donors (Lipinski definition) is 1. The Labute approximate surface area is 204 Å². The molecule has 2 aromatic carbocycles. The van der Waals surface area contributed by atoms with Crippen LogP contribution in [-0.2, 0) is 17.9 Å². The van der Waals surface area contributed by atoms with Gasteiger partial charge in [-0.2, -0.15) is 0 Å². The van der Waals surface area contributed by atoms with Crippen molar-refractivity contribution in [2.75, 3.05) is 0 Å². The van der Waals surface area contributed by atoms with Gasteiger partial charge in [0.25, 0.3) is 0 Å². The van der Waals surface area contributed by atoms with E-state index in [0.717, 1.165) is 37.7 Å². The highest BCUT2D eigenvalue weighted by Crippen LogP contribution is 2.35. The highest BCUT2D eigenvalue weighted by Gasteiger charge is 2.18. The zero-order valence-electron chi connectivity index (χ0n) is 21.2. The second-order valence-corrected chi connectivity index (χ2v) is 10.4. The van der Waals surface area contributed by atoms with Gasteiger partial charge in [-0.3, -0.25) is 4.79 Å². The van der Waals surface area contributed by atoms with E-state index in [0.29, 0.717) is 24.8 Å². The van der Waals surface area contributed by atoms with E-state index in [9.17, 15) is 4.79 Å². The molecule has 1 amide bonds. The number of allylic oxidation sites excluding steroid dienone is 1. The topological polar surface area (TPSA) is 46.9 Å². The first-order valence-corrected chi connectivity index (χ1v) is 12.9. The number of carbonyl (C=O) groups excluding carboxylic acids is 1. The maximum atomic E-state index is 12.4. The highest BCUT2D eigenvalue weighted by atomic mass is 16.1. The molecule has 1 aromatic heterocycles. The fourth-order valence-corrected chi connectivity index (χ4v) is 5.15. The number of unbranched alkanes of at least 4 members (excludes halogenated alkanes) is 3. The molecule has 0 saturated carbocycles. The van der Waals surface area contributed by atoms with E-state index >= 15 is 0 Å². The molecule has 0 saturated heterocycles. The van der Waals surface area contributed by atoms with Gasteiger partial charge >= 0.3 is 0 Å². The zero-order chi connectivity index (χ0) is 24.1. The molecule has 4 rings (SSSR count). The van der Waals surface area contributed by atoms with Gasteiger partial charge in [0, 0.05) is 25.4 Å². The van der Waals surface area contributed by atoms with Crippen LogP contribution < -0.4 is 5.32 Å². The van der Waals surface area contributed by atoms with E-state index in [1.54, 1.807) is 0 Å². The molecule has 1 atom stereocenters. The lowest BCUT2D eigenvalue weighted by Gasteiger charge is -2.15. The molecule has 34 heavy (non-hydrogen) atoms. The van der Waals surface area contributed by atoms with E-state index in [4.69, 9.17) is 0 Å². The van der Waals surface area contributed by atoms with Crippen LogP contribution in [0.5, 0.6) is 0 Å². The Balaban J connectivity index is 1.15. The van der Waals surface area contributed by atoms with Crippen molar-refractivity contribution >= 4 is 23.0 Å². The average molecular weight is 458 g/mol. The summed E-state index contributed by atoms with van der Waals surface area (Å²) in [5.41, 5.74) is 8.80. The van der Waals surface area contributed by atoms with Crippen molar-refractivity contribution in [3.8, 4) is 0 Å². The molecule has 180 valence electrons. The monoisotopic (exact) mass is 457 g/mol. The van der Waals surface area contributed by atoms with Gasteiger partial charge in [0.2, 0.25) is 5.91 Å². The largest absolute Gasteiger partial charge is 0.352 e. The smallest absolute Gasteiger partial charge is 0.220 e. The maximum Gasteiger partial charge on any atom is 0.220 e. The Hall–Kier alpha value is -2.88. The quantitative estimate of drug-likeness (QED) is 0.313. The molecule has 1 unspecified atom stereocenters. The van der Waals surface area contributed by atoms with Crippen LogP contribution in [0.2, 0.25) is 0 Å². The summed E-state index contributed by atoms with van der Waals surface area (Å²) >= 11 is 0. The van der Waals surface area contributed by atoms with Crippen LogP contribution in [0.4, 0.5) is 0 Å². The highest BCUT2D eigenvalue weighted by molar-refractivity contribution is 5.79. The number of benzene rings is 2. The third kappa shape index (κ3) is 5.97. The number of carbonyl (C=O) groups is 1. The third-order valence-electron chi connectivity index (χ3n) is 6.89. The number of imidazole rings is 1. The van der Waals surface area contributed by atoms with E-state index < -0.39 is 0 Å². The van der Waals surface area contributed by atoms with Crippen molar-refractivity contribution < 1.29 is 4.79 Å². The molecule has 0 bridgehead atoms. The fourth-order valence-electron chi connectivity index (χ4n) is 5.15. The number of aryl methyl sites for hydroxylation is 3. The van der Waals surface area contributed by atoms with Crippen LogP contribution >= 0.6 is 0 Å². The molecular formula is C30H39N3O. The van der Waals surface area contributed by atoms with Crippen molar-refractivity contribution in [3.63, 3.8) is 0 Å². The van der Waals surface area contributed by atoms with Crippen LogP contribution in [0.1, 0.15) is 86.1 Å². The Kier molecular flexibility index (Phi) is 7.87. The number of hydrogen-bond acceptors (Lipinski definition) is 2. The fraction of sp³-hybridized carbons (Fsp3) is 0.467. The molecule has 1 aliphatic rings. The van der Waals surface area contributed by atoms with Gasteiger partial charge in [0.15, 0.2) is 0 Å². The predicted octanol–water partition coefficient (Wildman–Crippen LogP) is 7.08. The Bertz CT molecular complexity index is 1170. The van der Waals surface area contributed by atoms with E-state index in [2.05, 4.69) is 85.0 Å². The third-order valence-corrected chi connectivity index (χ3v) is 6.89. The van der Waals surface area contributed by atoms with Crippen molar-refractivity contribution in [3.05, 3.63) is 70.6 Å². The maximum absolute atomic E-state index is 12.4. The summed E-state index contributed by atoms with van der Waals surface area (Å²) in [6.45, 7) is 10.4. The molecule has 1 N–H and O–H groups in total. The average Bonchev–Trinajstić information content (AvgIpc) is 3.38. The van der Waals surface area contributed by atoms with Gasteiger partial charge in [-0.05, 0) is 72.9 Å². The lowest BCUT2D eigenvalue weighted by molar-refractivity contribution is -0.121. The van der Waals surface area contributed by atoms with Gasteiger partial charge in [-0.15, -0.1) is 0 Å². The summed E-state index contributed by atoms with van der Waals surface area (Å²) in [5, 5.41) is 3.12. The van der Waals surface area contributed by atoms with Crippen LogP contribution in [0.3, 0.4) is 0 Å². The normalized spacial score (nSPS) is 14.8. The summed E-state index contributed by atoms with van der Waals surface area (Å²) in [7, 11) is 0. The number of aromatic nitrogens is 2.